The first-order chi connectivity index (χ1) is 7.41. The standard InChI is InChI=1S/C12H14N2O2/c1-12(2,3)14-7-9(11(15)16)8-5-4-6-13-10(8)14/h4-7H,1-3H3,(H,15,16). The molecule has 2 heterocycles. The Hall–Kier alpha value is -1.84. The van der Waals surface area contributed by atoms with E-state index in [0.717, 1.165) is 0 Å². The van der Waals surface area contributed by atoms with Crippen molar-refractivity contribution in [2.45, 2.75) is 26.3 Å². The van der Waals surface area contributed by atoms with Gasteiger partial charge in [0.15, 0.2) is 0 Å². The highest BCUT2D eigenvalue weighted by Crippen LogP contribution is 2.25. The van der Waals surface area contributed by atoms with Crippen molar-refractivity contribution >= 4 is 17.0 Å². The molecule has 0 aliphatic rings. The third-order valence-corrected chi connectivity index (χ3v) is 2.52. The van der Waals surface area contributed by atoms with Crippen LogP contribution in [-0.4, -0.2) is 20.6 Å². The van der Waals surface area contributed by atoms with E-state index in [9.17, 15) is 4.79 Å². The van der Waals surface area contributed by atoms with Crippen LogP contribution in [0, 0.1) is 0 Å². The zero-order valence-corrected chi connectivity index (χ0v) is 9.56. The summed E-state index contributed by atoms with van der Waals surface area (Å²) in [5.41, 5.74) is 0.839. The highest BCUT2D eigenvalue weighted by molar-refractivity contribution is 6.02. The van der Waals surface area contributed by atoms with E-state index >= 15 is 0 Å². The molecule has 0 bridgehead atoms. The van der Waals surface area contributed by atoms with Gasteiger partial charge in [-0.15, -0.1) is 0 Å². The van der Waals surface area contributed by atoms with Gasteiger partial charge in [-0.25, -0.2) is 9.78 Å². The quantitative estimate of drug-likeness (QED) is 0.800. The third kappa shape index (κ3) is 1.56. The fourth-order valence-corrected chi connectivity index (χ4v) is 1.74. The summed E-state index contributed by atoms with van der Waals surface area (Å²) in [6, 6.07) is 3.54. The number of pyridine rings is 1. The molecule has 2 rings (SSSR count). The van der Waals surface area contributed by atoms with Crippen molar-refractivity contribution in [3.05, 3.63) is 30.1 Å². The molecule has 0 spiro atoms. The predicted octanol–water partition coefficient (Wildman–Crippen LogP) is 2.49. The molecule has 0 fully saturated rings. The second kappa shape index (κ2) is 3.33. The number of rotatable bonds is 1. The van der Waals surface area contributed by atoms with Crippen LogP contribution < -0.4 is 0 Å². The van der Waals surface area contributed by atoms with Crippen LogP contribution in [0.3, 0.4) is 0 Å². The van der Waals surface area contributed by atoms with E-state index in [1.807, 2.05) is 25.3 Å². The van der Waals surface area contributed by atoms with E-state index in [0.29, 0.717) is 16.6 Å². The Morgan fingerprint density at radius 3 is 2.69 bits per heavy atom. The van der Waals surface area contributed by atoms with Gasteiger partial charge < -0.3 is 9.67 Å². The molecule has 4 nitrogen and oxygen atoms in total. The molecule has 4 heteroatoms. The molecule has 84 valence electrons. The van der Waals surface area contributed by atoms with Gasteiger partial charge in [0.25, 0.3) is 0 Å². The lowest BCUT2D eigenvalue weighted by atomic mass is 10.1. The summed E-state index contributed by atoms with van der Waals surface area (Å²) in [6.07, 6.45) is 3.33. The summed E-state index contributed by atoms with van der Waals surface area (Å²) in [4.78, 5) is 15.4. The van der Waals surface area contributed by atoms with Crippen molar-refractivity contribution in [3.63, 3.8) is 0 Å². The van der Waals surface area contributed by atoms with Crippen molar-refractivity contribution < 1.29 is 9.90 Å². The van der Waals surface area contributed by atoms with Crippen LogP contribution in [0.15, 0.2) is 24.5 Å². The maximum absolute atomic E-state index is 11.1. The number of carboxylic acids is 1. The summed E-state index contributed by atoms with van der Waals surface area (Å²) < 4.78 is 1.89. The Morgan fingerprint density at radius 1 is 1.44 bits per heavy atom. The number of carbonyl (C=O) groups is 1. The van der Waals surface area contributed by atoms with E-state index < -0.39 is 5.97 Å². The minimum Gasteiger partial charge on any atom is -0.478 e. The lowest BCUT2D eigenvalue weighted by Gasteiger charge is -2.21. The van der Waals surface area contributed by atoms with Crippen LogP contribution in [0.5, 0.6) is 0 Å². The van der Waals surface area contributed by atoms with Gasteiger partial charge in [-0.1, -0.05) is 0 Å². The largest absolute Gasteiger partial charge is 0.478 e. The number of carboxylic acid groups (broad SMARTS) is 1. The van der Waals surface area contributed by atoms with E-state index in [1.54, 1.807) is 24.5 Å². The lowest BCUT2D eigenvalue weighted by molar-refractivity contribution is 0.0698. The minimum absolute atomic E-state index is 0.180. The van der Waals surface area contributed by atoms with E-state index in [-0.39, 0.29) is 5.54 Å². The first-order valence-corrected chi connectivity index (χ1v) is 5.11. The summed E-state index contributed by atoms with van der Waals surface area (Å²) in [5, 5.41) is 9.81. The predicted molar refractivity (Wildman–Crippen MR) is 61.7 cm³/mol. The maximum atomic E-state index is 11.1. The molecular formula is C12H14N2O2. The molecular weight excluding hydrogens is 204 g/mol. The molecule has 0 radical (unpaired) electrons. The van der Waals surface area contributed by atoms with Gasteiger partial charge in [0.1, 0.15) is 5.65 Å². The van der Waals surface area contributed by atoms with Crippen molar-refractivity contribution in [2.75, 3.05) is 0 Å². The van der Waals surface area contributed by atoms with Crippen LogP contribution in [0.2, 0.25) is 0 Å². The highest BCUT2D eigenvalue weighted by atomic mass is 16.4. The smallest absolute Gasteiger partial charge is 0.337 e. The molecule has 1 N–H and O–H groups in total. The van der Waals surface area contributed by atoms with Gasteiger partial charge in [-0.05, 0) is 32.9 Å². The van der Waals surface area contributed by atoms with Crippen molar-refractivity contribution in [2.24, 2.45) is 0 Å². The summed E-state index contributed by atoms with van der Waals surface area (Å²) in [6.45, 7) is 6.06. The van der Waals surface area contributed by atoms with Gasteiger partial charge in [-0.2, -0.15) is 0 Å². The van der Waals surface area contributed by atoms with Gasteiger partial charge in [-0.3, -0.25) is 0 Å². The molecule has 2 aromatic heterocycles. The van der Waals surface area contributed by atoms with Crippen LogP contribution in [0.4, 0.5) is 0 Å². The molecule has 0 saturated heterocycles. The third-order valence-electron chi connectivity index (χ3n) is 2.52. The van der Waals surface area contributed by atoms with Gasteiger partial charge in [0.05, 0.1) is 5.56 Å². The second-order valence-corrected chi connectivity index (χ2v) is 4.76. The molecule has 0 unspecified atom stereocenters. The van der Waals surface area contributed by atoms with Crippen LogP contribution in [0.25, 0.3) is 11.0 Å². The number of hydrogen-bond donors (Lipinski definition) is 1. The molecule has 0 aromatic carbocycles. The van der Waals surface area contributed by atoms with E-state index in [1.165, 1.54) is 0 Å². The maximum Gasteiger partial charge on any atom is 0.337 e. The number of aromatic nitrogens is 2. The van der Waals surface area contributed by atoms with Crippen LogP contribution in [0.1, 0.15) is 31.1 Å². The zero-order valence-electron chi connectivity index (χ0n) is 9.56. The molecule has 0 aliphatic carbocycles. The lowest BCUT2D eigenvalue weighted by Crippen LogP contribution is -2.21. The van der Waals surface area contributed by atoms with E-state index in [2.05, 4.69) is 4.98 Å². The van der Waals surface area contributed by atoms with Crippen molar-refractivity contribution in [3.8, 4) is 0 Å². The second-order valence-electron chi connectivity index (χ2n) is 4.76. The number of aromatic carboxylic acids is 1. The monoisotopic (exact) mass is 218 g/mol. The molecule has 0 atom stereocenters. The normalized spacial score (nSPS) is 11.9. The Bertz CT molecular complexity index is 550. The Kier molecular flexibility index (Phi) is 2.22. The highest BCUT2D eigenvalue weighted by Gasteiger charge is 2.21. The summed E-state index contributed by atoms with van der Waals surface area (Å²) in [5.74, 6) is -0.916. The average Bonchev–Trinajstić information content (AvgIpc) is 2.56. The Morgan fingerprint density at radius 2 is 2.12 bits per heavy atom. The first kappa shape index (κ1) is 10.7. The SMILES string of the molecule is CC(C)(C)n1cc(C(=O)O)c2cccnc21. The average molecular weight is 218 g/mol. The molecule has 16 heavy (non-hydrogen) atoms. The topological polar surface area (TPSA) is 55.1 Å². The summed E-state index contributed by atoms with van der Waals surface area (Å²) >= 11 is 0. The number of fused-ring (bicyclic) bond motifs is 1. The fourth-order valence-electron chi connectivity index (χ4n) is 1.74. The van der Waals surface area contributed by atoms with Gasteiger partial charge in [0.2, 0.25) is 0 Å². The van der Waals surface area contributed by atoms with Gasteiger partial charge in [0, 0.05) is 23.3 Å². The minimum atomic E-state index is -0.916. The molecule has 2 aromatic rings. The molecule has 0 amide bonds. The molecule has 0 saturated carbocycles. The van der Waals surface area contributed by atoms with Crippen molar-refractivity contribution in [1.82, 2.24) is 9.55 Å². The Balaban J connectivity index is 2.82. The van der Waals surface area contributed by atoms with Crippen LogP contribution in [-0.2, 0) is 5.54 Å². The first-order valence-electron chi connectivity index (χ1n) is 5.11. The number of hydrogen-bond acceptors (Lipinski definition) is 2. The fraction of sp³-hybridized carbons (Fsp3) is 0.333. The summed E-state index contributed by atoms with van der Waals surface area (Å²) in [7, 11) is 0. The van der Waals surface area contributed by atoms with E-state index in [4.69, 9.17) is 5.11 Å². The van der Waals surface area contributed by atoms with Gasteiger partial charge >= 0.3 is 5.97 Å². The number of nitrogens with zero attached hydrogens (tertiary/aromatic N) is 2. The Labute approximate surface area is 93.5 Å². The molecule has 0 aliphatic heterocycles. The van der Waals surface area contributed by atoms with Crippen molar-refractivity contribution in [1.29, 1.82) is 0 Å². The van der Waals surface area contributed by atoms with Crippen LogP contribution >= 0.6 is 0 Å². The zero-order chi connectivity index (χ0) is 11.9.